The molecule has 0 aromatic carbocycles. The lowest BCUT2D eigenvalue weighted by Crippen LogP contribution is -2.38. The minimum Gasteiger partial charge on any atom is -0.477 e. The lowest BCUT2D eigenvalue weighted by molar-refractivity contribution is 0.0247. The second kappa shape index (κ2) is 6.84. The first-order valence-electron chi connectivity index (χ1n) is 5.68. The molecule has 1 rings (SSSR count). The van der Waals surface area contributed by atoms with Crippen molar-refractivity contribution in [3.63, 3.8) is 0 Å². The fraction of sp³-hybridized carbons (Fsp3) is 0.583. The van der Waals surface area contributed by atoms with Gasteiger partial charge in [-0.1, -0.05) is 0 Å². The van der Waals surface area contributed by atoms with Gasteiger partial charge in [-0.2, -0.15) is 0 Å². The molecule has 1 aromatic rings. The molecule has 0 fully saturated rings. The number of carboxylic acid groups (broad SMARTS) is 1. The van der Waals surface area contributed by atoms with Gasteiger partial charge < -0.3 is 20.3 Å². The van der Waals surface area contributed by atoms with Crippen LogP contribution in [0.25, 0.3) is 0 Å². The Morgan fingerprint density at radius 3 is 2.94 bits per heavy atom. The molecule has 18 heavy (non-hydrogen) atoms. The maximum atomic E-state index is 10.9. The molecule has 0 radical (unpaired) electrons. The van der Waals surface area contributed by atoms with E-state index in [9.17, 15) is 9.90 Å². The van der Waals surface area contributed by atoms with E-state index in [-0.39, 0.29) is 0 Å². The van der Waals surface area contributed by atoms with Crippen LogP contribution in [0.15, 0.2) is 11.4 Å². The Labute approximate surface area is 110 Å². The van der Waals surface area contributed by atoms with Gasteiger partial charge in [0.25, 0.3) is 0 Å². The van der Waals surface area contributed by atoms with Gasteiger partial charge in [-0.05, 0) is 23.9 Å². The molecule has 0 aliphatic carbocycles. The highest BCUT2D eigenvalue weighted by molar-refractivity contribution is 7.12. The zero-order valence-corrected chi connectivity index (χ0v) is 11.4. The SMILES string of the molecule is COCCC(C)(O)CNCc1ccsc1C(=O)O. The molecule has 0 amide bonds. The molecule has 0 saturated heterocycles. The summed E-state index contributed by atoms with van der Waals surface area (Å²) in [6, 6.07) is 1.78. The molecule has 0 bridgehead atoms. The van der Waals surface area contributed by atoms with Crippen molar-refractivity contribution in [1.29, 1.82) is 0 Å². The Kier molecular flexibility index (Phi) is 5.74. The number of aliphatic hydroxyl groups is 1. The first-order valence-corrected chi connectivity index (χ1v) is 6.56. The molecule has 0 aliphatic rings. The third-order valence-corrected chi connectivity index (χ3v) is 3.55. The van der Waals surface area contributed by atoms with Crippen molar-refractivity contribution >= 4 is 17.3 Å². The summed E-state index contributed by atoms with van der Waals surface area (Å²) in [6.45, 7) is 3.05. The predicted molar refractivity (Wildman–Crippen MR) is 70.1 cm³/mol. The van der Waals surface area contributed by atoms with Crippen molar-refractivity contribution in [3.05, 3.63) is 21.9 Å². The maximum absolute atomic E-state index is 10.9. The zero-order valence-electron chi connectivity index (χ0n) is 10.6. The highest BCUT2D eigenvalue weighted by atomic mass is 32.1. The van der Waals surface area contributed by atoms with E-state index in [1.54, 1.807) is 25.5 Å². The molecule has 3 N–H and O–H groups in total. The van der Waals surface area contributed by atoms with E-state index in [0.29, 0.717) is 31.0 Å². The van der Waals surface area contributed by atoms with E-state index in [1.807, 2.05) is 0 Å². The highest BCUT2D eigenvalue weighted by Gasteiger charge is 2.20. The fourth-order valence-electron chi connectivity index (χ4n) is 1.54. The molecular formula is C12H19NO4S. The van der Waals surface area contributed by atoms with Gasteiger partial charge in [0.05, 0.1) is 5.60 Å². The van der Waals surface area contributed by atoms with Crippen LogP contribution in [-0.4, -0.2) is 42.0 Å². The number of hydrogen-bond acceptors (Lipinski definition) is 5. The van der Waals surface area contributed by atoms with Crippen LogP contribution in [0.4, 0.5) is 0 Å². The summed E-state index contributed by atoms with van der Waals surface area (Å²) in [5.41, 5.74) is -0.106. The number of ether oxygens (including phenoxy) is 1. The van der Waals surface area contributed by atoms with Crippen LogP contribution in [0.3, 0.4) is 0 Å². The second-order valence-electron chi connectivity index (χ2n) is 4.42. The minimum absolute atomic E-state index is 0.346. The van der Waals surface area contributed by atoms with Crippen LogP contribution in [0.1, 0.15) is 28.6 Å². The molecule has 102 valence electrons. The third-order valence-electron chi connectivity index (χ3n) is 2.61. The van der Waals surface area contributed by atoms with Crippen molar-refractivity contribution in [2.45, 2.75) is 25.5 Å². The Morgan fingerprint density at radius 1 is 1.61 bits per heavy atom. The quantitative estimate of drug-likeness (QED) is 0.666. The van der Waals surface area contributed by atoms with Crippen LogP contribution in [0.2, 0.25) is 0 Å². The van der Waals surface area contributed by atoms with Gasteiger partial charge in [0.15, 0.2) is 0 Å². The normalized spacial score (nSPS) is 14.4. The zero-order chi connectivity index (χ0) is 13.6. The van der Waals surface area contributed by atoms with Gasteiger partial charge in [0.1, 0.15) is 4.88 Å². The van der Waals surface area contributed by atoms with Gasteiger partial charge in [0.2, 0.25) is 0 Å². The number of methoxy groups -OCH3 is 1. The Morgan fingerprint density at radius 2 is 2.33 bits per heavy atom. The lowest BCUT2D eigenvalue weighted by Gasteiger charge is -2.23. The van der Waals surface area contributed by atoms with E-state index in [0.717, 1.165) is 5.56 Å². The molecule has 0 spiro atoms. The van der Waals surface area contributed by atoms with Gasteiger partial charge in [-0.15, -0.1) is 11.3 Å². The molecule has 5 nitrogen and oxygen atoms in total. The van der Waals surface area contributed by atoms with E-state index in [1.165, 1.54) is 11.3 Å². The predicted octanol–water partition coefficient (Wildman–Crippen LogP) is 1.32. The molecule has 1 aromatic heterocycles. The van der Waals surface area contributed by atoms with E-state index in [4.69, 9.17) is 9.84 Å². The maximum Gasteiger partial charge on any atom is 0.346 e. The van der Waals surface area contributed by atoms with Crippen LogP contribution in [0.5, 0.6) is 0 Å². The van der Waals surface area contributed by atoms with Crippen LogP contribution >= 0.6 is 11.3 Å². The molecule has 1 heterocycles. The second-order valence-corrected chi connectivity index (χ2v) is 5.34. The number of carbonyl (C=O) groups is 1. The summed E-state index contributed by atoms with van der Waals surface area (Å²) in [6.07, 6.45) is 0.534. The highest BCUT2D eigenvalue weighted by Crippen LogP contribution is 2.17. The summed E-state index contributed by atoms with van der Waals surface area (Å²) in [7, 11) is 1.59. The topological polar surface area (TPSA) is 78.8 Å². The standard InChI is InChI=1S/C12H19NO4S/c1-12(16,4-5-17-2)8-13-7-9-3-6-18-10(9)11(14)15/h3,6,13,16H,4-5,7-8H2,1-2H3,(H,14,15). The van der Waals surface area contributed by atoms with Gasteiger partial charge in [0, 0.05) is 33.2 Å². The largest absolute Gasteiger partial charge is 0.477 e. The summed E-state index contributed by atoms with van der Waals surface area (Å²) in [5, 5.41) is 23.8. The van der Waals surface area contributed by atoms with Crippen LogP contribution in [0, 0.1) is 0 Å². The molecule has 0 aliphatic heterocycles. The lowest BCUT2D eigenvalue weighted by atomic mass is 10.0. The van der Waals surface area contributed by atoms with E-state index < -0.39 is 11.6 Å². The number of rotatable bonds is 8. The van der Waals surface area contributed by atoms with Crippen LogP contribution in [-0.2, 0) is 11.3 Å². The Hall–Kier alpha value is -0.950. The summed E-state index contributed by atoms with van der Waals surface area (Å²) < 4.78 is 4.92. The van der Waals surface area contributed by atoms with Gasteiger partial charge >= 0.3 is 5.97 Å². The Bertz CT molecular complexity index is 389. The summed E-state index contributed by atoms with van der Waals surface area (Å²) >= 11 is 1.21. The summed E-state index contributed by atoms with van der Waals surface area (Å²) in [5.74, 6) is -0.909. The molecule has 1 atom stereocenters. The number of thiophene rings is 1. The average Bonchev–Trinajstić information content (AvgIpc) is 2.74. The molecular weight excluding hydrogens is 254 g/mol. The molecule has 6 heteroatoms. The molecule has 0 saturated carbocycles. The monoisotopic (exact) mass is 273 g/mol. The van der Waals surface area contributed by atoms with Crippen molar-refractivity contribution < 1.29 is 19.7 Å². The van der Waals surface area contributed by atoms with Crippen molar-refractivity contribution in [1.82, 2.24) is 5.32 Å². The third kappa shape index (κ3) is 4.73. The average molecular weight is 273 g/mol. The first kappa shape index (κ1) is 15.1. The van der Waals surface area contributed by atoms with E-state index >= 15 is 0 Å². The van der Waals surface area contributed by atoms with Crippen molar-refractivity contribution in [3.8, 4) is 0 Å². The molecule has 1 unspecified atom stereocenters. The van der Waals surface area contributed by atoms with Gasteiger partial charge in [-0.3, -0.25) is 0 Å². The van der Waals surface area contributed by atoms with Gasteiger partial charge in [-0.25, -0.2) is 4.79 Å². The van der Waals surface area contributed by atoms with Crippen LogP contribution < -0.4 is 5.32 Å². The van der Waals surface area contributed by atoms with Crippen molar-refractivity contribution in [2.24, 2.45) is 0 Å². The number of carboxylic acids is 1. The number of hydrogen-bond donors (Lipinski definition) is 3. The summed E-state index contributed by atoms with van der Waals surface area (Å²) in [4.78, 5) is 11.2. The number of aromatic carboxylic acids is 1. The van der Waals surface area contributed by atoms with E-state index in [2.05, 4.69) is 5.32 Å². The smallest absolute Gasteiger partial charge is 0.346 e. The Balaban J connectivity index is 2.41. The van der Waals surface area contributed by atoms with Crippen molar-refractivity contribution in [2.75, 3.05) is 20.3 Å². The number of nitrogens with one attached hydrogen (secondary N) is 1. The minimum atomic E-state index is -0.909. The fourth-order valence-corrected chi connectivity index (χ4v) is 2.30. The first-order chi connectivity index (χ1) is 8.46.